The van der Waals surface area contributed by atoms with Gasteiger partial charge in [-0.25, -0.2) is 4.98 Å². The lowest BCUT2D eigenvalue weighted by Gasteiger charge is -2.34. The molecular weight excluding hydrogens is 401 g/mol. The minimum Gasteiger partial charge on any atom is -0.370 e. The topological polar surface area (TPSA) is 83.6 Å². The zero-order chi connectivity index (χ0) is 14.4. The van der Waals surface area contributed by atoms with E-state index in [1.807, 2.05) is 5.38 Å². The number of nitrogens with one attached hydrogen (secondary N) is 1. The molecule has 0 saturated carbocycles. The van der Waals surface area contributed by atoms with Crippen LogP contribution < -0.4 is 11.1 Å². The van der Waals surface area contributed by atoms with E-state index in [-0.39, 0.29) is 29.9 Å². The number of hydrogen-bond acceptors (Lipinski definition) is 4. The van der Waals surface area contributed by atoms with Gasteiger partial charge in [-0.05, 0) is 18.8 Å². The van der Waals surface area contributed by atoms with Crippen LogP contribution in [0.3, 0.4) is 0 Å². The van der Waals surface area contributed by atoms with Crippen LogP contribution in [0.15, 0.2) is 16.6 Å². The van der Waals surface area contributed by atoms with E-state index >= 15 is 0 Å². The third-order valence-corrected chi connectivity index (χ3v) is 4.18. The van der Waals surface area contributed by atoms with Gasteiger partial charge in [-0.15, -0.1) is 35.3 Å². The summed E-state index contributed by atoms with van der Waals surface area (Å²) in [6, 6.07) is 0. The standard InChI is InChI=1S/C13H21N5OS.HI/c1-15-13(17-8-12-16-4-6-20-12)18-5-2-3-10(9-18)7-11(14)19;/h4,6,10H,2-3,5,7-9H2,1H3,(H2,14,19)(H,15,17);1H. The maximum atomic E-state index is 11.0. The molecule has 1 aromatic rings. The van der Waals surface area contributed by atoms with Crippen molar-refractivity contribution >= 4 is 47.2 Å². The molecule has 2 heterocycles. The van der Waals surface area contributed by atoms with Gasteiger partial charge in [-0.3, -0.25) is 9.79 Å². The van der Waals surface area contributed by atoms with Crippen molar-refractivity contribution < 1.29 is 4.79 Å². The number of aromatic nitrogens is 1. The summed E-state index contributed by atoms with van der Waals surface area (Å²) >= 11 is 1.62. The average Bonchev–Trinajstić information content (AvgIpc) is 2.92. The first-order valence-corrected chi connectivity index (χ1v) is 7.69. The van der Waals surface area contributed by atoms with Crippen molar-refractivity contribution in [2.45, 2.75) is 25.8 Å². The number of aliphatic imine (C=N–C) groups is 1. The molecule has 0 aliphatic carbocycles. The number of piperidine rings is 1. The van der Waals surface area contributed by atoms with Crippen LogP contribution in [0.4, 0.5) is 0 Å². The van der Waals surface area contributed by atoms with Gasteiger partial charge >= 0.3 is 0 Å². The lowest BCUT2D eigenvalue weighted by molar-refractivity contribution is -0.119. The maximum absolute atomic E-state index is 11.0. The highest BCUT2D eigenvalue weighted by atomic mass is 127. The summed E-state index contributed by atoms with van der Waals surface area (Å²) in [6.45, 7) is 2.48. The molecular formula is C13H22IN5OS. The highest BCUT2D eigenvalue weighted by Crippen LogP contribution is 2.19. The molecule has 1 unspecified atom stereocenters. The summed E-state index contributed by atoms with van der Waals surface area (Å²) in [4.78, 5) is 21.8. The molecule has 0 radical (unpaired) electrons. The van der Waals surface area contributed by atoms with Crippen molar-refractivity contribution in [3.8, 4) is 0 Å². The average molecular weight is 423 g/mol. The Labute approximate surface area is 146 Å². The zero-order valence-corrected chi connectivity index (χ0v) is 15.3. The van der Waals surface area contributed by atoms with Crippen molar-refractivity contribution in [3.05, 3.63) is 16.6 Å². The van der Waals surface area contributed by atoms with Gasteiger partial charge in [-0.2, -0.15) is 0 Å². The third-order valence-electron chi connectivity index (χ3n) is 3.40. The van der Waals surface area contributed by atoms with Gasteiger partial charge in [-0.1, -0.05) is 0 Å². The molecule has 1 saturated heterocycles. The monoisotopic (exact) mass is 423 g/mol. The van der Waals surface area contributed by atoms with Crippen LogP contribution in [0.1, 0.15) is 24.3 Å². The van der Waals surface area contributed by atoms with E-state index in [9.17, 15) is 4.79 Å². The molecule has 1 atom stereocenters. The first-order valence-electron chi connectivity index (χ1n) is 6.81. The fourth-order valence-corrected chi connectivity index (χ4v) is 3.09. The Morgan fingerprint density at radius 3 is 3.10 bits per heavy atom. The van der Waals surface area contributed by atoms with Crippen molar-refractivity contribution in [1.29, 1.82) is 0 Å². The number of thiazole rings is 1. The number of nitrogens with zero attached hydrogens (tertiary/aromatic N) is 3. The molecule has 1 aromatic heterocycles. The van der Waals surface area contributed by atoms with Crippen LogP contribution in [0.25, 0.3) is 0 Å². The van der Waals surface area contributed by atoms with Crippen LogP contribution in [-0.2, 0) is 11.3 Å². The summed E-state index contributed by atoms with van der Waals surface area (Å²) in [5.41, 5.74) is 5.29. The van der Waals surface area contributed by atoms with Crippen molar-refractivity contribution in [3.63, 3.8) is 0 Å². The minimum atomic E-state index is -0.220. The Kier molecular flexibility index (Phi) is 7.94. The van der Waals surface area contributed by atoms with E-state index in [4.69, 9.17) is 5.73 Å². The van der Waals surface area contributed by atoms with Crippen LogP contribution in [0.5, 0.6) is 0 Å². The van der Waals surface area contributed by atoms with Crippen LogP contribution in [0, 0.1) is 5.92 Å². The molecule has 3 N–H and O–H groups in total. The molecule has 2 rings (SSSR count). The number of likely N-dealkylation sites (tertiary alicyclic amines) is 1. The summed E-state index contributed by atoms with van der Waals surface area (Å²) in [5, 5.41) is 6.32. The first-order chi connectivity index (χ1) is 9.69. The largest absolute Gasteiger partial charge is 0.370 e. The molecule has 8 heteroatoms. The van der Waals surface area contributed by atoms with Gasteiger partial charge in [0.1, 0.15) is 5.01 Å². The molecule has 1 fully saturated rings. The van der Waals surface area contributed by atoms with Crippen LogP contribution in [0.2, 0.25) is 0 Å². The Morgan fingerprint density at radius 1 is 1.67 bits per heavy atom. The van der Waals surface area contributed by atoms with Gasteiger partial charge in [0.05, 0.1) is 6.54 Å². The third kappa shape index (κ3) is 5.77. The lowest BCUT2D eigenvalue weighted by atomic mass is 9.95. The molecule has 21 heavy (non-hydrogen) atoms. The summed E-state index contributed by atoms with van der Waals surface area (Å²) in [6.07, 6.45) is 4.38. The number of amides is 1. The summed E-state index contributed by atoms with van der Waals surface area (Å²) in [5.74, 6) is 0.983. The molecule has 6 nitrogen and oxygen atoms in total. The zero-order valence-electron chi connectivity index (χ0n) is 12.1. The van der Waals surface area contributed by atoms with E-state index in [1.54, 1.807) is 24.6 Å². The first kappa shape index (κ1) is 18.1. The lowest BCUT2D eigenvalue weighted by Crippen LogP contribution is -2.46. The Hall–Kier alpha value is -0.900. The van der Waals surface area contributed by atoms with Gasteiger partial charge in [0.25, 0.3) is 0 Å². The minimum absolute atomic E-state index is 0. The Bertz CT molecular complexity index is 465. The fraction of sp³-hybridized carbons (Fsp3) is 0.615. The highest BCUT2D eigenvalue weighted by Gasteiger charge is 2.23. The van der Waals surface area contributed by atoms with E-state index in [0.29, 0.717) is 18.9 Å². The SMILES string of the molecule is CN=C(NCc1nccs1)N1CCCC(CC(N)=O)C1.I. The van der Waals surface area contributed by atoms with Crippen molar-refractivity contribution in [2.24, 2.45) is 16.6 Å². The smallest absolute Gasteiger partial charge is 0.217 e. The van der Waals surface area contributed by atoms with Gasteiger partial charge in [0, 0.05) is 38.1 Å². The second kappa shape index (κ2) is 9.19. The van der Waals surface area contributed by atoms with E-state index < -0.39 is 0 Å². The molecule has 1 aliphatic heterocycles. The molecule has 118 valence electrons. The Morgan fingerprint density at radius 2 is 2.48 bits per heavy atom. The van der Waals surface area contributed by atoms with E-state index in [2.05, 4.69) is 20.2 Å². The number of carbonyl (C=O) groups is 1. The number of hydrogen-bond donors (Lipinski definition) is 2. The van der Waals surface area contributed by atoms with E-state index in [0.717, 1.165) is 36.9 Å². The Balaban J connectivity index is 0.00000220. The number of guanidine groups is 1. The maximum Gasteiger partial charge on any atom is 0.217 e. The molecule has 0 spiro atoms. The molecule has 1 aliphatic rings. The van der Waals surface area contributed by atoms with E-state index in [1.165, 1.54) is 0 Å². The quantitative estimate of drug-likeness (QED) is 0.436. The van der Waals surface area contributed by atoms with Crippen LogP contribution in [-0.4, -0.2) is 41.9 Å². The van der Waals surface area contributed by atoms with Gasteiger partial charge in [0.15, 0.2) is 5.96 Å². The predicted octanol–water partition coefficient (Wildman–Crippen LogP) is 1.42. The van der Waals surface area contributed by atoms with Gasteiger partial charge in [0.2, 0.25) is 5.91 Å². The molecule has 0 bridgehead atoms. The summed E-state index contributed by atoms with van der Waals surface area (Å²) in [7, 11) is 1.78. The second-order valence-electron chi connectivity index (χ2n) is 4.95. The number of carbonyl (C=O) groups excluding carboxylic acids is 1. The van der Waals surface area contributed by atoms with Gasteiger partial charge < -0.3 is 16.0 Å². The number of halogens is 1. The number of nitrogens with two attached hydrogens (primary N) is 1. The van der Waals surface area contributed by atoms with Crippen molar-refractivity contribution in [2.75, 3.05) is 20.1 Å². The molecule has 0 aromatic carbocycles. The second-order valence-corrected chi connectivity index (χ2v) is 5.93. The summed E-state index contributed by atoms with van der Waals surface area (Å²) < 4.78 is 0. The van der Waals surface area contributed by atoms with Crippen molar-refractivity contribution in [1.82, 2.24) is 15.2 Å². The number of primary amides is 1. The normalized spacial score (nSPS) is 19.0. The number of rotatable bonds is 4. The fourth-order valence-electron chi connectivity index (χ4n) is 2.54. The highest BCUT2D eigenvalue weighted by molar-refractivity contribution is 14.0. The van der Waals surface area contributed by atoms with Crippen LogP contribution >= 0.6 is 35.3 Å². The predicted molar refractivity (Wildman–Crippen MR) is 95.8 cm³/mol. The molecule has 1 amide bonds.